The lowest BCUT2D eigenvalue weighted by molar-refractivity contribution is -0.119. The van der Waals surface area contributed by atoms with Crippen molar-refractivity contribution >= 4 is 34.9 Å². The minimum Gasteiger partial charge on any atom is -0.472 e. The van der Waals surface area contributed by atoms with Crippen LogP contribution in [0, 0.1) is 0 Å². The second kappa shape index (κ2) is 14.2. The van der Waals surface area contributed by atoms with E-state index in [0.29, 0.717) is 27.4 Å². The molecule has 1 unspecified atom stereocenters. The number of hydrogen-bond acceptors (Lipinski definition) is 7. The number of carbonyl (C=O) groups excluding carboxylic acids is 3. The van der Waals surface area contributed by atoms with Crippen LogP contribution < -0.4 is 15.6 Å². The molecule has 1 aromatic heterocycles. The van der Waals surface area contributed by atoms with Gasteiger partial charge < -0.3 is 14.8 Å². The molecule has 0 aliphatic carbocycles. The maximum atomic E-state index is 13.8. The summed E-state index contributed by atoms with van der Waals surface area (Å²) in [6.07, 6.45) is 1.64. The molecule has 0 aliphatic rings. The summed E-state index contributed by atoms with van der Waals surface area (Å²) in [6, 6.07) is 20.4. The van der Waals surface area contributed by atoms with Crippen LogP contribution in [0.2, 0.25) is 5.02 Å². The van der Waals surface area contributed by atoms with Gasteiger partial charge in [-0.1, -0.05) is 54.6 Å². The monoisotopic (exact) mass is 627 g/mol. The minimum atomic E-state index is -1.10. The molecule has 232 valence electrons. The van der Waals surface area contributed by atoms with Crippen LogP contribution in [0.1, 0.15) is 60.0 Å². The van der Waals surface area contributed by atoms with E-state index < -0.39 is 29.1 Å². The van der Waals surface area contributed by atoms with E-state index in [1.54, 1.807) is 63.2 Å². The second-order valence-electron chi connectivity index (χ2n) is 11.3. The van der Waals surface area contributed by atoms with Crippen LogP contribution in [0.25, 0.3) is 11.1 Å². The van der Waals surface area contributed by atoms with Gasteiger partial charge >= 0.3 is 5.97 Å². The van der Waals surface area contributed by atoms with Gasteiger partial charge in [0.15, 0.2) is 5.78 Å². The van der Waals surface area contributed by atoms with E-state index >= 15 is 0 Å². The zero-order valence-corrected chi connectivity index (χ0v) is 26.3. The number of anilines is 1. The number of amides is 1. The number of rotatable bonds is 11. The molecule has 0 radical (unpaired) electrons. The molecule has 0 saturated heterocycles. The lowest BCUT2D eigenvalue weighted by Gasteiger charge is -2.21. The number of nitrogens with zero attached hydrogens (tertiary/aromatic N) is 2. The van der Waals surface area contributed by atoms with E-state index in [1.165, 1.54) is 19.1 Å². The number of carbonyl (C=O) groups is 3. The summed E-state index contributed by atoms with van der Waals surface area (Å²) >= 11 is 6.26. The van der Waals surface area contributed by atoms with Gasteiger partial charge in [0, 0.05) is 28.8 Å². The van der Waals surface area contributed by atoms with Crippen LogP contribution in [-0.2, 0) is 16.0 Å². The Hall–Kier alpha value is -5.02. The first kappa shape index (κ1) is 32.9. The third kappa shape index (κ3) is 8.55. The second-order valence-corrected chi connectivity index (χ2v) is 11.7. The number of benzene rings is 3. The van der Waals surface area contributed by atoms with Crippen LogP contribution in [0.3, 0.4) is 0 Å². The van der Waals surface area contributed by atoms with E-state index in [2.05, 4.69) is 17.0 Å². The number of ether oxygens (including phenoxy) is 2. The number of halogens is 1. The molecule has 0 spiro atoms. The first-order valence-electron chi connectivity index (χ1n) is 14.2. The lowest BCUT2D eigenvalue weighted by Crippen LogP contribution is -2.36. The molecule has 10 heteroatoms. The number of ketones is 1. The van der Waals surface area contributed by atoms with Crippen molar-refractivity contribution in [1.82, 2.24) is 9.78 Å². The zero-order valence-electron chi connectivity index (χ0n) is 25.5. The highest BCUT2D eigenvalue weighted by atomic mass is 35.5. The van der Waals surface area contributed by atoms with E-state index in [1.807, 2.05) is 30.3 Å². The molecule has 1 amide bonds. The molecule has 1 atom stereocenters. The standard InChI is InChI=1S/C35H34ClN3O6/c1-6-18-44-33-29(28-20-25(36)14-17-27(28)22(2)40)21-31(41)39(38-33)30(19-23-10-8-7-9-11-23)32(42)37-26-15-12-24(13-16-26)34(43)45-35(3,4)5/h6-17,20-21,30H,1,18-19H2,2-5H3,(H,37,42). The molecule has 45 heavy (non-hydrogen) atoms. The molecule has 9 nitrogen and oxygen atoms in total. The molecular formula is C35H34ClN3O6. The Morgan fingerprint density at radius 3 is 2.31 bits per heavy atom. The summed E-state index contributed by atoms with van der Waals surface area (Å²) in [4.78, 5) is 52.4. The van der Waals surface area contributed by atoms with Crippen LogP contribution >= 0.6 is 11.6 Å². The average molecular weight is 628 g/mol. The SMILES string of the molecule is C=CCOc1nn(C(Cc2ccccc2)C(=O)Nc2ccc(C(=O)OC(C)(C)C)cc2)c(=O)cc1-c1cc(Cl)ccc1C(C)=O. The maximum absolute atomic E-state index is 13.8. The molecule has 0 fully saturated rings. The Bertz CT molecular complexity index is 1780. The van der Waals surface area contributed by atoms with Gasteiger partial charge in [-0.15, -0.1) is 5.10 Å². The van der Waals surface area contributed by atoms with Gasteiger partial charge in [-0.05, 0) is 81.3 Å². The molecule has 3 aromatic carbocycles. The topological polar surface area (TPSA) is 117 Å². The third-order valence-electron chi connectivity index (χ3n) is 6.57. The Kier molecular flexibility index (Phi) is 10.4. The van der Waals surface area contributed by atoms with Crippen LogP contribution in [0.4, 0.5) is 5.69 Å². The van der Waals surface area contributed by atoms with Gasteiger partial charge in [0.1, 0.15) is 18.2 Å². The van der Waals surface area contributed by atoms with Crippen LogP contribution in [0.5, 0.6) is 5.88 Å². The van der Waals surface area contributed by atoms with Gasteiger partial charge in [0.25, 0.3) is 5.56 Å². The smallest absolute Gasteiger partial charge is 0.338 e. The average Bonchev–Trinajstić information content (AvgIpc) is 2.99. The van der Waals surface area contributed by atoms with Crippen LogP contribution in [0.15, 0.2) is 96.3 Å². The molecule has 4 aromatic rings. The summed E-state index contributed by atoms with van der Waals surface area (Å²) in [7, 11) is 0. The highest BCUT2D eigenvalue weighted by Gasteiger charge is 2.27. The number of hydrogen-bond donors (Lipinski definition) is 1. The van der Waals surface area contributed by atoms with Gasteiger partial charge in [-0.2, -0.15) is 0 Å². The van der Waals surface area contributed by atoms with E-state index in [9.17, 15) is 19.2 Å². The molecule has 1 N–H and O–H groups in total. The number of nitrogens with one attached hydrogen (secondary N) is 1. The summed E-state index contributed by atoms with van der Waals surface area (Å²) in [6.45, 7) is 10.5. The molecule has 0 saturated carbocycles. The largest absolute Gasteiger partial charge is 0.472 e. The van der Waals surface area contributed by atoms with Gasteiger partial charge in [-0.25, -0.2) is 9.48 Å². The Labute approximate surface area is 266 Å². The summed E-state index contributed by atoms with van der Waals surface area (Å²) in [5.74, 6) is -1.22. The van der Waals surface area contributed by atoms with Crippen molar-refractivity contribution in [3.05, 3.63) is 124 Å². The van der Waals surface area contributed by atoms with Crippen LogP contribution in [-0.4, -0.2) is 39.6 Å². The minimum absolute atomic E-state index is 0.0202. The highest BCUT2D eigenvalue weighted by molar-refractivity contribution is 6.31. The lowest BCUT2D eigenvalue weighted by atomic mass is 9.98. The Balaban J connectivity index is 1.76. The van der Waals surface area contributed by atoms with Crippen molar-refractivity contribution < 1.29 is 23.9 Å². The van der Waals surface area contributed by atoms with Gasteiger partial charge in [0.05, 0.1) is 11.1 Å². The molecule has 1 heterocycles. The quantitative estimate of drug-likeness (QED) is 0.112. The zero-order chi connectivity index (χ0) is 32.7. The molecule has 0 bridgehead atoms. The first-order chi connectivity index (χ1) is 21.4. The predicted octanol–water partition coefficient (Wildman–Crippen LogP) is 6.71. The fraction of sp³-hybridized carbons (Fsp3) is 0.229. The first-order valence-corrected chi connectivity index (χ1v) is 14.6. The van der Waals surface area contributed by atoms with Gasteiger partial charge in [0.2, 0.25) is 11.8 Å². The van der Waals surface area contributed by atoms with E-state index in [0.717, 1.165) is 10.2 Å². The molecular weight excluding hydrogens is 594 g/mol. The van der Waals surface area contributed by atoms with Crippen molar-refractivity contribution in [3.8, 4) is 17.0 Å². The maximum Gasteiger partial charge on any atom is 0.338 e. The summed E-state index contributed by atoms with van der Waals surface area (Å²) < 4.78 is 12.3. The fourth-order valence-corrected chi connectivity index (χ4v) is 4.71. The van der Waals surface area contributed by atoms with Crippen molar-refractivity contribution in [2.45, 2.75) is 45.8 Å². The number of aromatic nitrogens is 2. The van der Waals surface area contributed by atoms with Gasteiger partial charge in [-0.3, -0.25) is 14.4 Å². The predicted molar refractivity (Wildman–Crippen MR) is 174 cm³/mol. The fourth-order valence-electron chi connectivity index (χ4n) is 4.54. The normalized spacial score (nSPS) is 11.8. The van der Waals surface area contributed by atoms with Crippen molar-refractivity contribution in [2.24, 2.45) is 0 Å². The van der Waals surface area contributed by atoms with Crippen molar-refractivity contribution in [3.63, 3.8) is 0 Å². The highest BCUT2D eigenvalue weighted by Crippen LogP contribution is 2.33. The van der Waals surface area contributed by atoms with Crippen molar-refractivity contribution in [1.29, 1.82) is 0 Å². The number of Topliss-reactive ketones (excluding diaryl/α,β-unsaturated/α-hetero) is 1. The third-order valence-corrected chi connectivity index (χ3v) is 6.80. The van der Waals surface area contributed by atoms with E-state index in [-0.39, 0.29) is 30.3 Å². The number of esters is 1. The summed E-state index contributed by atoms with van der Waals surface area (Å²) in [5, 5.41) is 7.69. The van der Waals surface area contributed by atoms with E-state index in [4.69, 9.17) is 21.1 Å². The van der Waals surface area contributed by atoms with Crippen molar-refractivity contribution in [2.75, 3.05) is 11.9 Å². The molecule has 4 rings (SSSR count). The Morgan fingerprint density at radius 1 is 1.00 bits per heavy atom. The molecule has 0 aliphatic heterocycles. The summed E-state index contributed by atoms with van der Waals surface area (Å²) in [5.41, 5.74) is 1.23. The Morgan fingerprint density at radius 2 is 1.69 bits per heavy atom.